The maximum absolute atomic E-state index is 11.8. The Morgan fingerprint density at radius 3 is 2.26 bits per heavy atom. The van der Waals surface area contributed by atoms with Crippen molar-refractivity contribution in [3.63, 3.8) is 0 Å². The first-order chi connectivity index (χ1) is 11.1. The molecule has 0 saturated heterocycles. The fourth-order valence-corrected chi connectivity index (χ4v) is 2.17. The molecule has 5 heteroatoms. The molecule has 0 radical (unpaired) electrons. The van der Waals surface area contributed by atoms with Crippen LogP contribution in [0, 0.1) is 0 Å². The van der Waals surface area contributed by atoms with Crippen LogP contribution in [0.1, 0.15) is 6.92 Å². The number of benzene rings is 2. The van der Waals surface area contributed by atoms with E-state index in [0.717, 1.165) is 16.8 Å². The van der Waals surface area contributed by atoms with Gasteiger partial charge < -0.3 is 16.0 Å². The zero-order chi connectivity index (χ0) is 16.5. The first-order valence-corrected chi connectivity index (χ1v) is 7.66. The zero-order valence-corrected chi connectivity index (χ0v) is 13.2. The minimum absolute atomic E-state index is 0.0543. The number of nitrogens with two attached hydrogens (primary N) is 1. The molecule has 0 unspecified atom stereocenters. The van der Waals surface area contributed by atoms with Crippen molar-refractivity contribution < 1.29 is 14.9 Å². The van der Waals surface area contributed by atoms with Crippen molar-refractivity contribution in [2.24, 2.45) is 0 Å². The molecule has 0 saturated carbocycles. The van der Waals surface area contributed by atoms with Gasteiger partial charge in [0.05, 0.1) is 13.1 Å². The second-order valence-electron chi connectivity index (χ2n) is 5.26. The third kappa shape index (κ3) is 5.92. The lowest BCUT2D eigenvalue weighted by atomic mass is 10.1. The lowest BCUT2D eigenvalue weighted by Gasteiger charge is -2.07. The molecule has 2 amide bonds. The second kappa shape index (κ2) is 8.70. The van der Waals surface area contributed by atoms with Gasteiger partial charge >= 0.3 is 0 Å². The Morgan fingerprint density at radius 1 is 0.957 bits per heavy atom. The van der Waals surface area contributed by atoms with Crippen molar-refractivity contribution in [3.8, 4) is 11.1 Å². The van der Waals surface area contributed by atoms with E-state index in [4.69, 9.17) is 0 Å². The van der Waals surface area contributed by atoms with Gasteiger partial charge in [-0.3, -0.25) is 9.59 Å². The van der Waals surface area contributed by atoms with Crippen LogP contribution in [-0.2, 0) is 9.59 Å². The number of rotatable bonds is 7. The van der Waals surface area contributed by atoms with Crippen LogP contribution in [0.5, 0.6) is 0 Å². The van der Waals surface area contributed by atoms with Gasteiger partial charge in [0.25, 0.3) is 5.91 Å². The van der Waals surface area contributed by atoms with Gasteiger partial charge in [0.1, 0.15) is 0 Å². The highest BCUT2D eigenvalue weighted by Gasteiger charge is 2.05. The normalized spacial score (nSPS) is 10.1. The van der Waals surface area contributed by atoms with Gasteiger partial charge in [-0.15, -0.1) is 0 Å². The van der Waals surface area contributed by atoms with Crippen LogP contribution in [0.25, 0.3) is 11.1 Å². The molecule has 0 aromatic heterocycles. The first kappa shape index (κ1) is 16.7. The average molecular weight is 312 g/mol. The Kier molecular flexibility index (Phi) is 6.32. The molecule has 0 aliphatic heterocycles. The number of anilines is 1. The Morgan fingerprint density at radius 2 is 1.61 bits per heavy atom. The van der Waals surface area contributed by atoms with Crippen molar-refractivity contribution in [3.05, 3.63) is 54.6 Å². The van der Waals surface area contributed by atoms with Crippen LogP contribution in [0.4, 0.5) is 5.69 Å². The summed E-state index contributed by atoms with van der Waals surface area (Å²) < 4.78 is 0. The van der Waals surface area contributed by atoms with Crippen LogP contribution in [0.15, 0.2) is 54.6 Å². The Labute approximate surface area is 136 Å². The van der Waals surface area contributed by atoms with Crippen LogP contribution in [0.3, 0.4) is 0 Å². The Hall–Kier alpha value is -2.66. The standard InChI is InChI=1S/C18H21N3O2/c1-14(22)20-12-11-19-13-18(23)21-17-9-7-16(8-10-17)15-5-3-2-4-6-15/h2-10,19H,11-13H2,1H3,(H,20,22)(H,21,23)/p+1. The predicted molar refractivity (Wildman–Crippen MR) is 90.9 cm³/mol. The van der Waals surface area contributed by atoms with Gasteiger partial charge in [-0.2, -0.15) is 0 Å². The van der Waals surface area contributed by atoms with Gasteiger partial charge in [0.15, 0.2) is 6.54 Å². The summed E-state index contributed by atoms with van der Waals surface area (Å²) in [6, 6.07) is 17.9. The Bertz CT molecular complexity index is 639. The highest BCUT2D eigenvalue weighted by Crippen LogP contribution is 2.20. The zero-order valence-electron chi connectivity index (χ0n) is 13.2. The molecule has 0 heterocycles. The minimum atomic E-state index is -0.0553. The van der Waals surface area contributed by atoms with E-state index in [1.54, 1.807) is 0 Å². The predicted octanol–water partition coefficient (Wildman–Crippen LogP) is 0.992. The molecular formula is C18H22N3O2+. The van der Waals surface area contributed by atoms with E-state index < -0.39 is 0 Å². The third-order valence-corrected chi connectivity index (χ3v) is 3.33. The second-order valence-corrected chi connectivity index (χ2v) is 5.26. The lowest BCUT2D eigenvalue weighted by Crippen LogP contribution is -2.87. The largest absolute Gasteiger partial charge is 0.351 e. The number of amides is 2. The molecule has 2 rings (SSSR count). The molecule has 120 valence electrons. The first-order valence-electron chi connectivity index (χ1n) is 7.66. The summed E-state index contributed by atoms with van der Waals surface area (Å²) in [7, 11) is 0. The number of carbonyl (C=O) groups excluding carboxylic acids is 2. The van der Waals surface area contributed by atoms with E-state index >= 15 is 0 Å². The van der Waals surface area contributed by atoms with E-state index in [-0.39, 0.29) is 11.8 Å². The molecule has 0 fully saturated rings. The van der Waals surface area contributed by atoms with Gasteiger partial charge in [-0.05, 0) is 23.3 Å². The van der Waals surface area contributed by atoms with E-state index in [1.165, 1.54) is 6.92 Å². The van der Waals surface area contributed by atoms with E-state index in [1.807, 2.05) is 47.8 Å². The molecule has 0 aliphatic carbocycles. The quantitative estimate of drug-likeness (QED) is 0.667. The number of carbonyl (C=O) groups is 2. The number of nitrogens with one attached hydrogen (secondary N) is 2. The van der Waals surface area contributed by atoms with E-state index in [9.17, 15) is 9.59 Å². The van der Waals surface area contributed by atoms with E-state index in [0.29, 0.717) is 19.6 Å². The van der Waals surface area contributed by atoms with Gasteiger partial charge in [0, 0.05) is 12.6 Å². The van der Waals surface area contributed by atoms with Gasteiger partial charge in [-0.1, -0.05) is 42.5 Å². The summed E-state index contributed by atoms with van der Waals surface area (Å²) in [5.41, 5.74) is 3.05. The van der Waals surface area contributed by atoms with Crippen molar-refractivity contribution in [2.75, 3.05) is 25.0 Å². The van der Waals surface area contributed by atoms with Gasteiger partial charge in [0.2, 0.25) is 5.91 Å². The summed E-state index contributed by atoms with van der Waals surface area (Å²) in [5, 5.41) is 7.42. The third-order valence-electron chi connectivity index (χ3n) is 3.33. The Balaban J connectivity index is 1.77. The minimum Gasteiger partial charge on any atom is -0.351 e. The molecule has 2 aromatic rings. The molecular weight excluding hydrogens is 290 g/mol. The number of hydrogen-bond donors (Lipinski definition) is 3. The van der Waals surface area contributed by atoms with Crippen molar-refractivity contribution in [1.82, 2.24) is 5.32 Å². The maximum atomic E-state index is 11.8. The van der Waals surface area contributed by atoms with Crippen LogP contribution in [-0.4, -0.2) is 31.4 Å². The smallest absolute Gasteiger partial charge is 0.279 e. The molecule has 0 atom stereocenters. The highest BCUT2D eigenvalue weighted by molar-refractivity contribution is 5.91. The SMILES string of the molecule is CC(=O)NCC[NH2+]CC(=O)Nc1ccc(-c2ccccc2)cc1. The summed E-state index contributed by atoms with van der Waals surface area (Å²) in [6.45, 7) is 3.06. The molecule has 4 N–H and O–H groups in total. The van der Waals surface area contributed by atoms with Crippen LogP contribution < -0.4 is 16.0 Å². The molecule has 5 nitrogen and oxygen atoms in total. The number of quaternary nitrogens is 1. The molecule has 0 aliphatic rings. The summed E-state index contributed by atoms with van der Waals surface area (Å²) in [5.74, 6) is -0.110. The monoisotopic (exact) mass is 312 g/mol. The molecule has 2 aromatic carbocycles. The summed E-state index contributed by atoms with van der Waals surface area (Å²) >= 11 is 0. The average Bonchev–Trinajstić information content (AvgIpc) is 2.56. The van der Waals surface area contributed by atoms with Crippen molar-refractivity contribution in [1.29, 1.82) is 0 Å². The van der Waals surface area contributed by atoms with Crippen molar-refractivity contribution >= 4 is 17.5 Å². The van der Waals surface area contributed by atoms with Gasteiger partial charge in [-0.25, -0.2) is 0 Å². The topological polar surface area (TPSA) is 74.8 Å². The summed E-state index contributed by atoms with van der Waals surface area (Å²) in [6.07, 6.45) is 0. The maximum Gasteiger partial charge on any atom is 0.279 e. The van der Waals surface area contributed by atoms with Crippen molar-refractivity contribution in [2.45, 2.75) is 6.92 Å². The molecule has 0 bridgehead atoms. The number of hydrogen-bond acceptors (Lipinski definition) is 2. The van der Waals surface area contributed by atoms with Crippen LogP contribution >= 0.6 is 0 Å². The van der Waals surface area contributed by atoms with E-state index in [2.05, 4.69) is 22.8 Å². The summed E-state index contributed by atoms with van der Waals surface area (Å²) in [4.78, 5) is 22.5. The lowest BCUT2D eigenvalue weighted by molar-refractivity contribution is -0.641. The fourth-order valence-electron chi connectivity index (χ4n) is 2.17. The fraction of sp³-hybridized carbons (Fsp3) is 0.222. The highest BCUT2D eigenvalue weighted by atomic mass is 16.2. The molecule has 23 heavy (non-hydrogen) atoms. The van der Waals surface area contributed by atoms with Crippen LogP contribution in [0.2, 0.25) is 0 Å². The molecule has 0 spiro atoms.